The average Bonchev–Trinajstić information content (AvgIpc) is 2.92. The van der Waals surface area contributed by atoms with Crippen molar-refractivity contribution in [2.45, 2.75) is 6.54 Å². The Hall–Kier alpha value is -3.39. The summed E-state index contributed by atoms with van der Waals surface area (Å²) in [5.74, 6) is -0.377. The summed E-state index contributed by atoms with van der Waals surface area (Å²) in [4.78, 5) is 41.0. The Labute approximate surface area is 162 Å². The molecule has 8 nitrogen and oxygen atoms in total. The molecule has 3 rings (SSSR count). The first-order valence-electron chi connectivity index (χ1n) is 8.60. The van der Waals surface area contributed by atoms with Crippen molar-refractivity contribution in [3.63, 3.8) is 0 Å². The summed E-state index contributed by atoms with van der Waals surface area (Å²) >= 11 is 0. The van der Waals surface area contributed by atoms with Crippen molar-refractivity contribution in [1.82, 2.24) is 9.80 Å². The van der Waals surface area contributed by atoms with Gasteiger partial charge in [-0.2, -0.15) is 0 Å². The van der Waals surface area contributed by atoms with Crippen LogP contribution in [-0.4, -0.2) is 55.6 Å². The molecule has 0 aliphatic carbocycles. The fourth-order valence-electron chi connectivity index (χ4n) is 2.92. The van der Waals surface area contributed by atoms with Crippen LogP contribution in [0.3, 0.4) is 0 Å². The number of imide groups is 2. The van der Waals surface area contributed by atoms with Gasteiger partial charge in [-0.05, 0) is 49.0 Å². The van der Waals surface area contributed by atoms with Gasteiger partial charge in [0.1, 0.15) is 11.5 Å². The molecule has 1 fully saturated rings. The first-order chi connectivity index (χ1) is 13.4. The van der Waals surface area contributed by atoms with Crippen LogP contribution in [0.15, 0.2) is 48.5 Å². The minimum absolute atomic E-state index is 0.00207. The SMILES string of the molecule is COc1ccc(CN(C)CN2C(=O)C(=O)N(c3ccc(OC)cc3)C2=O)cc1. The Morgan fingerprint density at radius 3 is 1.89 bits per heavy atom. The number of benzene rings is 2. The van der Waals surface area contributed by atoms with E-state index in [2.05, 4.69) is 0 Å². The van der Waals surface area contributed by atoms with Crippen LogP contribution in [0.1, 0.15) is 5.56 Å². The molecular weight excluding hydrogens is 362 g/mol. The number of urea groups is 1. The van der Waals surface area contributed by atoms with E-state index in [1.807, 2.05) is 24.3 Å². The van der Waals surface area contributed by atoms with Gasteiger partial charge in [-0.3, -0.25) is 14.5 Å². The highest BCUT2D eigenvalue weighted by Crippen LogP contribution is 2.25. The van der Waals surface area contributed by atoms with Crippen LogP contribution < -0.4 is 14.4 Å². The molecule has 1 aliphatic heterocycles. The minimum atomic E-state index is -0.868. The van der Waals surface area contributed by atoms with E-state index in [9.17, 15) is 14.4 Å². The van der Waals surface area contributed by atoms with E-state index in [0.29, 0.717) is 18.0 Å². The van der Waals surface area contributed by atoms with Gasteiger partial charge in [-0.25, -0.2) is 14.6 Å². The summed E-state index contributed by atoms with van der Waals surface area (Å²) in [7, 11) is 4.88. The van der Waals surface area contributed by atoms with Crippen LogP contribution in [-0.2, 0) is 16.1 Å². The fraction of sp³-hybridized carbons (Fsp3) is 0.250. The highest BCUT2D eigenvalue weighted by molar-refractivity contribution is 6.52. The first kappa shape index (κ1) is 19.4. The molecule has 2 aromatic carbocycles. The molecule has 4 amide bonds. The third-order valence-electron chi connectivity index (χ3n) is 4.38. The molecule has 0 radical (unpaired) electrons. The number of anilines is 1. The van der Waals surface area contributed by atoms with Crippen LogP contribution in [0, 0.1) is 0 Å². The van der Waals surface area contributed by atoms with E-state index >= 15 is 0 Å². The number of hydrogen-bond acceptors (Lipinski definition) is 6. The zero-order chi connectivity index (χ0) is 20.3. The largest absolute Gasteiger partial charge is 0.497 e. The van der Waals surface area contributed by atoms with E-state index in [0.717, 1.165) is 21.1 Å². The molecule has 0 atom stereocenters. The quantitative estimate of drug-likeness (QED) is 0.538. The van der Waals surface area contributed by atoms with Crippen LogP contribution in [0.4, 0.5) is 10.5 Å². The third kappa shape index (κ3) is 3.81. The van der Waals surface area contributed by atoms with Crippen LogP contribution in [0.2, 0.25) is 0 Å². The highest BCUT2D eigenvalue weighted by atomic mass is 16.5. The van der Waals surface area contributed by atoms with E-state index in [1.54, 1.807) is 43.3 Å². The molecule has 0 N–H and O–H groups in total. The lowest BCUT2D eigenvalue weighted by atomic mass is 10.2. The van der Waals surface area contributed by atoms with Crippen molar-refractivity contribution in [1.29, 1.82) is 0 Å². The maximum atomic E-state index is 12.7. The maximum Gasteiger partial charge on any atom is 0.340 e. The highest BCUT2D eigenvalue weighted by Gasteiger charge is 2.45. The van der Waals surface area contributed by atoms with E-state index in [4.69, 9.17) is 9.47 Å². The topological polar surface area (TPSA) is 79.4 Å². The molecule has 8 heteroatoms. The van der Waals surface area contributed by atoms with Crippen molar-refractivity contribution in [2.24, 2.45) is 0 Å². The molecule has 0 spiro atoms. The number of carbonyl (C=O) groups excluding carboxylic acids is 3. The van der Waals surface area contributed by atoms with Gasteiger partial charge >= 0.3 is 17.8 Å². The number of amides is 4. The van der Waals surface area contributed by atoms with E-state index < -0.39 is 17.8 Å². The number of hydrogen-bond donors (Lipinski definition) is 0. The molecule has 28 heavy (non-hydrogen) atoms. The summed E-state index contributed by atoms with van der Waals surface area (Å²) in [6.45, 7) is 0.500. The zero-order valence-electron chi connectivity index (χ0n) is 15.9. The summed E-state index contributed by atoms with van der Waals surface area (Å²) in [5, 5.41) is 0. The molecule has 0 saturated carbocycles. The smallest absolute Gasteiger partial charge is 0.340 e. The second-order valence-corrected chi connectivity index (χ2v) is 6.36. The van der Waals surface area contributed by atoms with E-state index in [-0.39, 0.29) is 6.67 Å². The average molecular weight is 383 g/mol. The van der Waals surface area contributed by atoms with Crippen molar-refractivity contribution in [2.75, 3.05) is 32.8 Å². The number of rotatable bonds is 7. The Bertz CT molecular complexity index is 880. The Kier molecular flexibility index (Phi) is 5.60. The lowest BCUT2D eigenvalue weighted by Gasteiger charge is -2.22. The monoisotopic (exact) mass is 383 g/mol. The van der Waals surface area contributed by atoms with Crippen molar-refractivity contribution >= 4 is 23.5 Å². The number of carbonyl (C=O) groups is 3. The number of nitrogens with zero attached hydrogens (tertiary/aromatic N) is 3. The molecule has 2 aromatic rings. The lowest BCUT2D eigenvalue weighted by molar-refractivity contribution is -0.140. The summed E-state index contributed by atoms with van der Waals surface area (Å²) in [6, 6.07) is 13.2. The van der Waals surface area contributed by atoms with Crippen molar-refractivity contribution < 1.29 is 23.9 Å². The molecule has 1 heterocycles. The Morgan fingerprint density at radius 2 is 1.36 bits per heavy atom. The molecule has 0 unspecified atom stereocenters. The van der Waals surface area contributed by atoms with Gasteiger partial charge in [-0.1, -0.05) is 12.1 Å². The standard InChI is InChI=1S/C20H21N3O5/c1-21(12-14-4-8-16(27-2)9-5-14)13-22-18(24)19(25)23(20(22)26)15-6-10-17(28-3)11-7-15/h4-11H,12-13H2,1-3H3. The number of ether oxygens (including phenoxy) is 2. The van der Waals surface area contributed by atoms with Gasteiger partial charge in [-0.15, -0.1) is 0 Å². The fourth-order valence-corrected chi connectivity index (χ4v) is 2.92. The second kappa shape index (κ2) is 8.10. The predicted molar refractivity (Wildman–Crippen MR) is 102 cm³/mol. The molecule has 0 bridgehead atoms. The maximum absolute atomic E-state index is 12.7. The molecule has 1 aliphatic rings. The van der Waals surface area contributed by atoms with Crippen LogP contribution >= 0.6 is 0 Å². The van der Waals surface area contributed by atoms with Crippen LogP contribution in [0.5, 0.6) is 11.5 Å². The molecular formula is C20H21N3O5. The Balaban J connectivity index is 1.70. The third-order valence-corrected chi connectivity index (χ3v) is 4.38. The van der Waals surface area contributed by atoms with Gasteiger partial charge in [0.05, 0.1) is 26.6 Å². The summed E-state index contributed by atoms with van der Waals surface area (Å²) in [6.07, 6.45) is 0. The van der Waals surface area contributed by atoms with Crippen LogP contribution in [0.25, 0.3) is 0 Å². The lowest BCUT2D eigenvalue weighted by Crippen LogP contribution is -2.40. The van der Waals surface area contributed by atoms with E-state index in [1.165, 1.54) is 7.11 Å². The second-order valence-electron chi connectivity index (χ2n) is 6.36. The van der Waals surface area contributed by atoms with Crippen molar-refractivity contribution in [3.05, 3.63) is 54.1 Å². The normalized spacial score (nSPS) is 14.2. The molecule has 1 saturated heterocycles. The van der Waals surface area contributed by atoms with Gasteiger partial charge in [0, 0.05) is 6.54 Å². The van der Waals surface area contributed by atoms with Gasteiger partial charge < -0.3 is 9.47 Å². The predicted octanol–water partition coefficient (Wildman–Crippen LogP) is 2.09. The first-order valence-corrected chi connectivity index (χ1v) is 8.60. The Morgan fingerprint density at radius 1 is 0.821 bits per heavy atom. The minimum Gasteiger partial charge on any atom is -0.497 e. The van der Waals surface area contributed by atoms with Gasteiger partial charge in [0.25, 0.3) is 0 Å². The summed E-state index contributed by atoms with van der Waals surface area (Å²) < 4.78 is 10.2. The molecule has 146 valence electrons. The van der Waals surface area contributed by atoms with Gasteiger partial charge in [0.2, 0.25) is 0 Å². The van der Waals surface area contributed by atoms with Crippen molar-refractivity contribution in [3.8, 4) is 11.5 Å². The zero-order valence-corrected chi connectivity index (χ0v) is 15.9. The van der Waals surface area contributed by atoms with Gasteiger partial charge in [0.15, 0.2) is 0 Å². The summed E-state index contributed by atoms with van der Waals surface area (Å²) in [5.41, 5.74) is 1.31. The number of methoxy groups -OCH3 is 2. The molecule has 0 aromatic heterocycles.